The van der Waals surface area contributed by atoms with Crippen LogP contribution in [0.3, 0.4) is 0 Å². The van der Waals surface area contributed by atoms with Gasteiger partial charge < -0.3 is 4.74 Å². The van der Waals surface area contributed by atoms with E-state index < -0.39 is 6.09 Å². The molecule has 0 unspecified atom stereocenters. The molecular formula is C17H12N2O4. The van der Waals surface area contributed by atoms with Gasteiger partial charge in [0.15, 0.2) is 0 Å². The van der Waals surface area contributed by atoms with Gasteiger partial charge in [-0.15, -0.1) is 0 Å². The van der Waals surface area contributed by atoms with E-state index in [0.717, 1.165) is 4.90 Å². The van der Waals surface area contributed by atoms with Crippen LogP contribution in [0.25, 0.3) is 0 Å². The molecule has 0 aliphatic carbocycles. The van der Waals surface area contributed by atoms with Gasteiger partial charge in [0, 0.05) is 0 Å². The fraction of sp³-hybridized carbons (Fsp3) is 0.118. The van der Waals surface area contributed by atoms with Gasteiger partial charge in [0.2, 0.25) is 0 Å². The van der Waals surface area contributed by atoms with Crippen LogP contribution in [-0.4, -0.2) is 31.1 Å². The molecule has 6 heteroatoms. The van der Waals surface area contributed by atoms with Gasteiger partial charge in [0.05, 0.1) is 29.0 Å². The monoisotopic (exact) mass is 308 g/mol. The SMILES string of the molecule is O=C1OCCN1c1ccccc1N1C(=O)c2ccccc2C1=O. The van der Waals surface area contributed by atoms with E-state index >= 15 is 0 Å². The van der Waals surface area contributed by atoms with Crippen molar-refractivity contribution in [2.75, 3.05) is 23.0 Å². The number of nitrogens with zero attached hydrogens (tertiary/aromatic N) is 2. The number of cyclic esters (lactones) is 1. The van der Waals surface area contributed by atoms with Crippen LogP contribution < -0.4 is 9.80 Å². The Morgan fingerprint density at radius 2 is 1.35 bits per heavy atom. The maximum atomic E-state index is 12.6. The Bertz CT molecular complexity index is 811. The average molecular weight is 308 g/mol. The zero-order valence-electron chi connectivity index (χ0n) is 12.1. The lowest BCUT2D eigenvalue weighted by Gasteiger charge is -2.22. The van der Waals surface area contributed by atoms with Crippen molar-refractivity contribution in [3.63, 3.8) is 0 Å². The topological polar surface area (TPSA) is 66.9 Å². The second-order valence-electron chi connectivity index (χ2n) is 5.25. The summed E-state index contributed by atoms with van der Waals surface area (Å²) in [4.78, 5) is 39.6. The minimum absolute atomic E-state index is 0.287. The molecular weight excluding hydrogens is 296 g/mol. The van der Waals surface area contributed by atoms with Crippen molar-refractivity contribution in [2.24, 2.45) is 0 Å². The molecule has 3 amide bonds. The van der Waals surface area contributed by atoms with Crippen LogP contribution in [0, 0.1) is 0 Å². The number of fused-ring (bicyclic) bond motifs is 1. The summed E-state index contributed by atoms with van der Waals surface area (Å²) in [5, 5.41) is 0. The van der Waals surface area contributed by atoms with Crippen molar-refractivity contribution in [3.05, 3.63) is 59.7 Å². The highest BCUT2D eigenvalue weighted by Crippen LogP contribution is 2.36. The van der Waals surface area contributed by atoms with E-state index in [4.69, 9.17) is 4.74 Å². The molecule has 1 fully saturated rings. The largest absolute Gasteiger partial charge is 0.447 e. The van der Waals surface area contributed by atoms with Crippen molar-refractivity contribution < 1.29 is 19.1 Å². The summed E-state index contributed by atoms with van der Waals surface area (Å²) in [6.07, 6.45) is -0.478. The lowest BCUT2D eigenvalue weighted by Crippen LogP contribution is -2.32. The summed E-state index contributed by atoms with van der Waals surface area (Å²) in [6.45, 7) is 0.675. The van der Waals surface area contributed by atoms with Crippen LogP contribution in [0.4, 0.5) is 16.2 Å². The van der Waals surface area contributed by atoms with E-state index in [2.05, 4.69) is 0 Å². The molecule has 114 valence electrons. The number of benzene rings is 2. The van der Waals surface area contributed by atoms with Gasteiger partial charge in [-0.2, -0.15) is 0 Å². The summed E-state index contributed by atoms with van der Waals surface area (Å²) in [6, 6.07) is 13.5. The Morgan fingerprint density at radius 3 is 1.91 bits per heavy atom. The molecule has 2 aliphatic heterocycles. The van der Waals surface area contributed by atoms with Crippen LogP contribution in [0.2, 0.25) is 0 Å². The van der Waals surface area contributed by atoms with Crippen molar-refractivity contribution in [2.45, 2.75) is 0 Å². The normalized spacial score (nSPS) is 16.8. The molecule has 0 spiro atoms. The number of hydrogen-bond acceptors (Lipinski definition) is 4. The van der Waals surface area contributed by atoms with E-state index in [-0.39, 0.29) is 18.4 Å². The molecule has 2 aliphatic rings. The van der Waals surface area contributed by atoms with E-state index in [9.17, 15) is 14.4 Å². The van der Waals surface area contributed by atoms with Crippen LogP contribution in [0.1, 0.15) is 20.7 Å². The fourth-order valence-corrected chi connectivity index (χ4v) is 2.90. The minimum atomic E-state index is -0.478. The van der Waals surface area contributed by atoms with Crippen LogP contribution in [0.15, 0.2) is 48.5 Å². The van der Waals surface area contributed by atoms with E-state index in [1.54, 1.807) is 48.5 Å². The summed E-state index contributed by atoms with van der Waals surface area (Å²) in [7, 11) is 0. The zero-order valence-corrected chi connectivity index (χ0v) is 12.1. The summed E-state index contributed by atoms with van der Waals surface area (Å²) < 4.78 is 4.95. The second-order valence-corrected chi connectivity index (χ2v) is 5.25. The number of para-hydroxylation sites is 2. The molecule has 1 saturated heterocycles. The molecule has 0 radical (unpaired) electrons. The molecule has 4 rings (SSSR count). The van der Waals surface area contributed by atoms with Gasteiger partial charge in [-0.25, -0.2) is 9.69 Å². The van der Waals surface area contributed by atoms with E-state index in [1.165, 1.54) is 4.90 Å². The Hall–Kier alpha value is -3.15. The molecule has 0 N–H and O–H groups in total. The van der Waals surface area contributed by atoms with E-state index in [1.807, 2.05) is 0 Å². The molecule has 0 saturated carbocycles. The lowest BCUT2D eigenvalue weighted by molar-refractivity contribution is 0.0926. The lowest BCUT2D eigenvalue weighted by atomic mass is 10.1. The molecule has 0 aromatic heterocycles. The first kappa shape index (κ1) is 13.5. The van der Waals surface area contributed by atoms with Crippen LogP contribution in [-0.2, 0) is 4.74 Å². The standard InChI is InChI=1S/C17H12N2O4/c20-15-11-5-1-2-6-12(11)16(21)19(15)14-8-4-3-7-13(14)18-9-10-23-17(18)22/h1-8H,9-10H2. The summed E-state index contributed by atoms with van der Waals surface area (Å²) >= 11 is 0. The number of carbonyl (C=O) groups is 3. The molecule has 6 nitrogen and oxygen atoms in total. The zero-order chi connectivity index (χ0) is 16.0. The molecule has 2 aromatic rings. The molecule has 2 heterocycles. The minimum Gasteiger partial charge on any atom is -0.447 e. The van der Waals surface area contributed by atoms with Gasteiger partial charge in [0.25, 0.3) is 11.8 Å². The first-order chi connectivity index (χ1) is 11.2. The number of amides is 3. The Labute approximate surface area is 131 Å². The highest BCUT2D eigenvalue weighted by atomic mass is 16.6. The molecule has 0 bridgehead atoms. The number of ether oxygens (including phenoxy) is 1. The Balaban J connectivity index is 1.83. The number of hydrogen-bond donors (Lipinski definition) is 0. The third-order valence-electron chi connectivity index (χ3n) is 3.97. The quantitative estimate of drug-likeness (QED) is 0.799. The van der Waals surface area contributed by atoms with Crippen molar-refractivity contribution >= 4 is 29.3 Å². The third-order valence-corrected chi connectivity index (χ3v) is 3.97. The van der Waals surface area contributed by atoms with Crippen LogP contribution in [0.5, 0.6) is 0 Å². The Kier molecular flexibility index (Phi) is 2.90. The maximum Gasteiger partial charge on any atom is 0.414 e. The van der Waals surface area contributed by atoms with Crippen molar-refractivity contribution in [3.8, 4) is 0 Å². The summed E-state index contributed by atoms with van der Waals surface area (Å²) in [5.41, 5.74) is 1.62. The molecule has 0 atom stereocenters. The average Bonchev–Trinajstić information content (AvgIpc) is 3.10. The van der Waals surface area contributed by atoms with Crippen LogP contribution >= 0.6 is 0 Å². The van der Waals surface area contributed by atoms with Gasteiger partial charge in [-0.3, -0.25) is 14.5 Å². The first-order valence-corrected chi connectivity index (χ1v) is 7.19. The molecule has 2 aromatic carbocycles. The first-order valence-electron chi connectivity index (χ1n) is 7.19. The number of carbonyl (C=O) groups excluding carboxylic acids is 3. The number of anilines is 2. The smallest absolute Gasteiger partial charge is 0.414 e. The van der Waals surface area contributed by atoms with Gasteiger partial charge in [-0.1, -0.05) is 24.3 Å². The van der Waals surface area contributed by atoms with Gasteiger partial charge in [-0.05, 0) is 24.3 Å². The second kappa shape index (κ2) is 4.95. The predicted octanol–water partition coefficient (Wildman–Crippen LogP) is 2.44. The maximum absolute atomic E-state index is 12.6. The highest BCUT2D eigenvalue weighted by Gasteiger charge is 2.39. The van der Waals surface area contributed by atoms with Crippen molar-refractivity contribution in [1.29, 1.82) is 0 Å². The van der Waals surface area contributed by atoms with Gasteiger partial charge >= 0.3 is 6.09 Å². The summed E-state index contributed by atoms with van der Waals surface area (Å²) in [5.74, 6) is -0.767. The number of imide groups is 1. The third kappa shape index (κ3) is 1.92. The molecule has 23 heavy (non-hydrogen) atoms. The fourth-order valence-electron chi connectivity index (χ4n) is 2.90. The predicted molar refractivity (Wildman–Crippen MR) is 82.7 cm³/mol. The Morgan fingerprint density at radius 1 is 0.783 bits per heavy atom. The van der Waals surface area contributed by atoms with E-state index in [0.29, 0.717) is 29.0 Å². The number of rotatable bonds is 2. The van der Waals surface area contributed by atoms with Crippen molar-refractivity contribution in [1.82, 2.24) is 0 Å². The van der Waals surface area contributed by atoms with Gasteiger partial charge in [0.1, 0.15) is 6.61 Å². The highest BCUT2D eigenvalue weighted by molar-refractivity contribution is 6.35.